The van der Waals surface area contributed by atoms with Crippen molar-refractivity contribution in [2.75, 3.05) is 26.2 Å². The van der Waals surface area contributed by atoms with Crippen molar-refractivity contribution in [2.24, 2.45) is 13.0 Å². The summed E-state index contributed by atoms with van der Waals surface area (Å²) < 4.78 is 6.91. The van der Waals surface area contributed by atoms with Gasteiger partial charge in [0.05, 0.1) is 18.5 Å². The summed E-state index contributed by atoms with van der Waals surface area (Å²) >= 11 is 0. The zero-order valence-electron chi connectivity index (χ0n) is 12.8. The third kappa shape index (κ3) is 2.96. The van der Waals surface area contributed by atoms with Crippen molar-refractivity contribution in [3.63, 3.8) is 0 Å². The van der Waals surface area contributed by atoms with Gasteiger partial charge in [0.25, 0.3) is 0 Å². The summed E-state index contributed by atoms with van der Waals surface area (Å²) in [5.41, 5.74) is 1.55. The Balaban J connectivity index is 1.70. The Morgan fingerprint density at radius 3 is 3.14 bits per heavy atom. The van der Waals surface area contributed by atoms with Gasteiger partial charge in [0.2, 0.25) is 0 Å². The number of hydrogen-bond donors (Lipinski definition) is 1. The van der Waals surface area contributed by atoms with Crippen molar-refractivity contribution in [2.45, 2.75) is 32.4 Å². The summed E-state index contributed by atoms with van der Waals surface area (Å²) in [6, 6.07) is 0.609. The van der Waals surface area contributed by atoms with Gasteiger partial charge in [-0.15, -0.1) is 0 Å². The minimum Gasteiger partial charge on any atom is -0.462 e. The van der Waals surface area contributed by atoms with E-state index in [1.807, 2.05) is 14.0 Å². The van der Waals surface area contributed by atoms with E-state index in [1.54, 1.807) is 10.9 Å². The molecule has 2 atom stereocenters. The fourth-order valence-corrected chi connectivity index (χ4v) is 3.51. The molecule has 3 heterocycles. The Morgan fingerprint density at radius 2 is 2.38 bits per heavy atom. The molecule has 0 saturated carbocycles. The molecule has 0 bridgehead atoms. The van der Waals surface area contributed by atoms with Crippen molar-refractivity contribution in [1.29, 1.82) is 0 Å². The largest absolute Gasteiger partial charge is 0.462 e. The number of rotatable bonds is 4. The van der Waals surface area contributed by atoms with E-state index < -0.39 is 0 Å². The molecule has 2 aliphatic heterocycles. The molecule has 3 rings (SSSR count). The minimum absolute atomic E-state index is 0.268. The van der Waals surface area contributed by atoms with E-state index in [1.165, 1.54) is 12.8 Å². The SMILES string of the molecule is CCOC(=O)c1cnn(C)c1CN1C[C@@H]2CCCN[C@@H]2C1. The van der Waals surface area contributed by atoms with Crippen LogP contribution >= 0.6 is 0 Å². The van der Waals surface area contributed by atoms with Gasteiger partial charge in [-0.3, -0.25) is 9.58 Å². The lowest BCUT2D eigenvalue weighted by Crippen LogP contribution is -2.40. The maximum atomic E-state index is 12.0. The Kier molecular flexibility index (Phi) is 4.26. The molecule has 0 amide bonds. The first-order valence-corrected chi connectivity index (χ1v) is 7.82. The van der Waals surface area contributed by atoms with Crippen LogP contribution in [-0.4, -0.2) is 52.9 Å². The van der Waals surface area contributed by atoms with E-state index in [-0.39, 0.29) is 5.97 Å². The topological polar surface area (TPSA) is 59.4 Å². The summed E-state index contributed by atoms with van der Waals surface area (Å²) in [5, 5.41) is 7.83. The van der Waals surface area contributed by atoms with Crippen LogP contribution in [0.5, 0.6) is 0 Å². The number of nitrogens with one attached hydrogen (secondary N) is 1. The van der Waals surface area contributed by atoms with Crippen LogP contribution in [0.25, 0.3) is 0 Å². The molecule has 2 saturated heterocycles. The maximum absolute atomic E-state index is 12.0. The van der Waals surface area contributed by atoms with Crippen molar-refractivity contribution >= 4 is 5.97 Å². The van der Waals surface area contributed by atoms with Gasteiger partial charge in [-0.25, -0.2) is 4.79 Å². The van der Waals surface area contributed by atoms with Crippen LogP contribution in [0.4, 0.5) is 0 Å². The number of carbonyl (C=O) groups excluding carboxylic acids is 1. The zero-order chi connectivity index (χ0) is 14.8. The number of ether oxygens (including phenoxy) is 1. The summed E-state index contributed by atoms with van der Waals surface area (Å²) in [7, 11) is 1.89. The average Bonchev–Trinajstić information content (AvgIpc) is 3.03. The first-order valence-electron chi connectivity index (χ1n) is 7.82. The molecule has 6 heteroatoms. The highest BCUT2D eigenvalue weighted by atomic mass is 16.5. The number of fused-ring (bicyclic) bond motifs is 1. The third-order valence-electron chi connectivity index (χ3n) is 4.61. The Bertz CT molecular complexity index is 500. The number of piperidine rings is 1. The number of esters is 1. The lowest BCUT2D eigenvalue weighted by molar-refractivity contribution is 0.0524. The van der Waals surface area contributed by atoms with E-state index in [2.05, 4.69) is 15.3 Å². The molecule has 1 N–H and O–H groups in total. The van der Waals surface area contributed by atoms with Gasteiger partial charge in [-0.1, -0.05) is 0 Å². The molecule has 0 aliphatic carbocycles. The first-order chi connectivity index (χ1) is 10.2. The Morgan fingerprint density at radius 1 is 1.52 bits per heavy atom. The fraction of sp³-hybridized carbons (Fsp3) is 0.733. The number of aromatic nitrogens is 2. The number of aryl methyl sites for hydroxylation is 1. The fourth-order valence-electron chi connectivity index (χ4n) is 3.51. The number of likely N-dealkylation sites (tertiary alicyclic amines) is 1. The molecule has 21 heavy (non-hydrogen) atoms. The number of nitrogens with zero attached hydrogens (tertiary/aromatic N) is 3. The van der Waals surface area contributed by atoms with Gasteiger partial charge in [-0.2, -0.15) is 5.10 Å². The summed E-state index contributed by atoms with van der Waals surface area (Å²) in [6.07, 6.45) is 4.20. The highest BCUT2D eigenvalue weighted by Gasteiger charge is 2.35. The van der Waals surface area contributed by atoms with E-state index in [0.29, 0.717) is 18.2 Å². The molecule has 116 valence electrons. The second-order valence-electron chi connectivity index (χ2n) is 6.01. The molecular formula is C15H24N4O2. The normalized spacial score (nSPS) is 25.8. The molecule has 1 aromatic heterocycles. The lowest BCUT2D eigenvalue weighted by Gasteiger charge is -2.24. The van der Waals surface area contributed by atoms with Gasteiger partial charge >= 0.3 is 5.97 Å². The van der Waals surface area contributed by atoms with Crippen LogP contribution in [-0.2, 0) is 18.3 Å². The van der Waals surface area contributed by atoms with Gasteiger partial charge in [-0.05, 0) is 32.2 Å². The number of hydrogen-bond acceptors (Lipinski definition) is 5. The first kappa shape index (κ1) is 14.5. The second-order valence-corrected chi connectivity index (χ2v) is 6.01. The zero-order valence-corrected chi connectivity index (χ0v) is 12.8. The van der Waals surface area contributed by atoms with Crippen LogP contribution in [0.15, 0.2) is 6.20 Å². The summed E-state index contributed by atoms with van der Waals surface area (Å²) in [6.45, 7) is 6.27. The van der Waals surface area contributed by atoms with E-state index >= 15 is 0 Å². The van der Waals surface area contributed by atoms with E-state index in [4.69, 9.17) is 4.74 Å². The molecule has 0 radical (unpaired) electrons. The summed E-state index contributed by atoms with van der Waals surface area (Å²) in [5.74, 6) is 0.480. The van der Waals surface area contributed by atoms with Crippen molar-refractivity contribution in [3.8, 4) is 0 Å². The van der Waals surface area contributed by atoms with Gasteiger partial charge in [0.15, 0.2) is 0 Å². The Labute approximate surface area is 125 Å². The predicted molar refractivity (Wildman–Crippen MR) is 79.0 cm³/mol. The van der Waals surface area contributed by atoms with Crippen LogP contribution in [0.1, 0.15) is 35.8 Å². The molecule has 6 nitrogen and oxygen atoms in total. The number of carbonyl (C=O) groups is 1. The van der Waals surface area contributed by atoms with Crippen LogP contribution in [0.2, 0.25) is 0 Å². The highest BCUT2D eigenvalue weighted by Crippen LogP contribution is 2.26. The molecule has 0 spiro atoms. The molecule has 0 unspecified atom stereocenters. The van der Waals surface area contributed by atoms with Crippen molar-refractivity contribution in [3.05, 3.63) is 17.5 Å². The van der Waals surface area contributed by atoms with Gasteiger partial charge < -0.3 is 10.1 Å². The van der Waals surface area contributed by atoms with Crippen LogP contribution in [0, 0.1) is 5.92 Å². The molecule has 2 fully saturated rings. The quantitative estimate of drug-likeness (QED) is 0.831. The van der Waals surface area contributed by atoms with Crippen LogP contribution < -0.4 is 5.32 Å². The summed E-state index contributed by atoms with van der Waals surface area (Å²) in [4.78, 5) is 14.4. The average molecular weight is 292 g/mol. The standard InChI is InChI=1S/C15H24N4O2/c1-3-21-15(20)12-7-17-18(2)14(12)10-19-8-11-5-4-6-16-13(11)9-19/h7,11,13,16H,3-6,8-10H2,1-2H3/t11-,13+/m0/s1. The van der Waals surface area contributed by atoms with E-state index in [0.717, 1.165) is 37.8 Å². The molecule has 2 aliphatic rings. The molecular weight excluding hydrogens is 268 g/mol. The molecule has 1 aromatic rings. The predicted octanol–water partition coefficient (Wildman–Crippen LogP) is 0.781. The van der Waals surface area contributed by atoms with Crippen molar-refractivity contribution < 1.29 is 9.53 Å². The highest BCUT2D eigenvalue weighted by molar-refractivity contribution is 5.90. The van der Waals surface area contributed by atoms with Crippen LogP contribution in [0.3, 0.4) is 0 Å². The smallest absolute Gasteiger partial charge is 0.341 e. The maximum Gasteiger partial charge on any atom is 0.341 e. The third-order valence-corrected chi connectivity index (χ3v) is 4.61. The van der Waals surface area contributed by atoms with E-state index in [9.17, 15) is 4.79 Å². The minimum atomic E-state index is -0.268. The lowest BCUT2D eigenvalue weighted by atomic mass is 9.94. The second kappa shape index (κ2) is 6.15. The molecule has 0 aromatic carbocycles. The van der Waals surface area contributed by atoms with Crippen molar-refractivity contribution in [1.82, 2.24) is 20.0 Å². The van der Waals surface area contributed by atoms with Gasteiger partial charge in [0.1, 0.15) is 5.56 Å². The van der Waals surface area contributed by atoms with Gasteiger partial charge in [0, 0.05) is 32.7 Å². The Hall–Kier alpha value is -1.40. The monoisotopic (exact) mass is 292 g/mol.